The molecule has 156 valence electrons. The molecule has 3 aromatic rings. The third-order valence-electron chi connectivity index (χ3n) is 4.65. The zero-order valence-corrected chi connectivity index (χ0v) is 18.6. The Balaban J connectivity index is 1.71. The van der Waals surface area contributed by atoms with Gasteiger partial charge in [-0.1, -0.05) is 46.3 Å². The van der Waals surface area contributed by atoms with Crippen molar-refractivity contribution < 1.29 is 14.7 Å². The van der Waals surface area contributed by atoms with Gasteiger partial charge in [0, 0.05) is 21.8 Å². The Hall–Kier alpha value is -3.30. The van der Waals surface area contributed by atoms with Crippen LogP contribution in [0.2, 0.25) is 0 Å². The van der Waals surface area contributed by atoms with Crippen molar-refractivity contribution in [2.45, 2.75) is 13.0 Å². The SMILES string of the molecule is O=C(O)CCn1cc(/C=C2\NC(=S)N(c3ccccc3)C2=O)c(-c2ccc(Br)cc2)n1. The van der Waals surface area contributed by atoms with E-state index in [9.17, 15) is 9.59 Å². The van der Waals surface area contributed by atoms with Gasteiger partial charge in [0.1, 0.15) is 5.70 Å². The van der Waals surface area contributed by atoms with E-state index in [-0.39, 0.29) is 18.9 Å². The number of carboxylic acid groups (broad SMARTS) is 1. The second kappa shape index (κ2) is 8.83. The summed E-state index contributed by atoms with van der Waals surface area (Å²) >= 11 is 8.79. The van der Waals surface area contributed by atoms with Crippen LogP contribution in [0.15, 0.2) is 71.0 Å². The van der Waals surface area contributed by atoms with Crippen LogP contribution >= 0.6 is 28.1 Å². The van der Waals surface area contributed by atoms with Crippen LogP contribution in [0.25, 0.3) is 17.3 Å². The summed E-state index contributed by atoms with van der Waals surface area (Å²) in [7, 11) is 0. The zero-order valence-electron chi connectivity index (χ0n) is 16.2. The molecule has 1 saturated heterocycles. The van der Waals surface area contributed by atoms with Gasteiger partial charge in [0.25, 0.3) is 5.91 Å². The van der Waals surface area contributed by atoms with Crippen LogP contribution in [0.1, 0.15) is 12.0 Å². The number of anilines is 1. The Morgan fingerprint density at radius 2 is 1.87 bits per heavy atom. The molecule has 1 fully saturated rings. The van der Waals surface area contributed by atoms with Crippen LogP contribution in [-0.4, -0.2) is 31.9 Å². The normalized spacial score (nSPS) is 14.9. The van der Waals surface area contributed by atoms with Crippen molar-refractivity contribution in [1.29, 1.82) is 0 Å². The average Bonchev–Trinajstić information content (AvgIpc) is 3.28. The number of para-hydroxylation sites is 1. The van der Waals surface area contributed by atoms with Gasteiger partial charge in [0.05, 0.1) is 24.3 Å². The monoisotopic (exact) mass is 496 g/mol. The molecule has 0 atom stereocenters. The van der Waals surface area contributed by atoms with Crippen molar-refractivity contribution in [1.82, 2.24) is 15.1 Å². The molecule has 4 rings (SSSR count). The number of thiocarbonyl (C=S) groups is 1. The lowest BCUT2D eigenvalue weighted by molar-refractivity contribution is -0.137. The van der Waals surface area contributed by atoms with Crippen molar-refractivity contribution >= 4 is 56.9 Å². The molecular weight excluding hydrogens is 480 g/mol. The lowest BCUT2D eigenvalue weighted by Crippen LogP contribution is -2.30. The zero-order chi connectivity index (χ0) is 22.0. The van der Waals surface area contributed by atoms with Gasteiger partial charge in [-0.2, -0.15) is 5.10 Å². The first-order valence-electron chi connectivity index (χ1n) is 9.40. The lowest BCUT2D eigenvalue weighted by Gasteiger charge is -2.13. The van der Waals surface area contributed by atoms with Gasteiger partial charge in [0.15, 0.2) is 5.11 Å². The Labute approximate surface area is 192 Å². The van der Waals surface area contributed by atoms with Crippen LogP contribution in [0.4, 0.5) is 5.69 Å². The number of amides is 1. The van der Waals surface area contributed by atoms with E-state index < -0.39 is 5.97 Å². The molecule has 2 heterocycles. The fourth-order valence-corrected chi connectivity index (χ4v) is 3.76. The second-order valence-corrected chi connectivity index (χ2v) is 8.11. The number of aliphatic carboxylic acids is 1. The van der Waals surface area contributed by atoms with E-state index in [1.54, 1.807) is 17.0 Å². The molecule has 0 radical (unpaired) electrons. The molecule has 7 nitrogen and oxygen atoms in total. The number of aryl methyl sites for hydroxylation is 1. The van der Waals surface area contributed by atoms with E-state index in [0.29, 0.717) is 27.8 Å². The lowest BCUT2D eigenvalue weighted by atomic mass is 10.1. The number of nitrogens with zero attached hydrogens (tertiary/aromatic N) is 3. The largest absolute Gasteiger partial charge is 0.481 e. The van der Waals surface area contributed by atoms with Gasteiger partial charge in [-0.15, -0.1) is 0 Å². The van der Waals surface area contributed by atoms with Crippen LogP contribution in [0, 0.1) is 0 Å². The molecule has 1 aliphatic heterocycles. The summed E-state index contributed by atoms with van der Waals surface area (Å²) in [5.41, 5.74) is 3.17. The standard InChI is InChI=1S/C22H17BrN4O3S/c23-16-8-6-14(7-9-16)20-15(13-26(25-20)11-10-19(28)29)12-18-21(30)27(22(31)24-18)17-4-2-1-3-5-17/h1-9,12-13H,10-11H2,(H,24,31)(H,28,29)/b18-12-. The van der Waals surface area contributed by atoms with E-state index in [0.717, 1.165) is 10.0 Å². The van der Waals surface area contributed by atoms with Gasteiger partial charge >= 0.3 is 5.97 Å². The van der Waals surface area contributed by atoms with Gasteiger partial charge in [0.2, 0.25) is 0 Å². The number of carbonyl (C=O) groups is 2. The minimum atomic E-state index is -0.905. The first-order valence-corrected chi connectivity index (χ1v) is 10.6. The van der Waals surface area contributed by atoms with E-state index in [1.165, 1.54) is 4.90 Å². The summed E-state index contributed by atoms with van der Waals surface area (Å²) in [6, 6.07) is 16.8. The highest BCUT2D eigenvalue weighted by molar-refractivity contribution is 9.10. The Morgan fingerprint density at radius 3 is 2.55 bits per heavy atom. The molecule has 1 amide bonds. The molecule has 0 spiro atoms. The number of hydrogen-bond donors (Lipinski definition) is 2. The topological polar surface area (TPSA) is 87.5 Å². The summed E-state index contributed by atoms with van der Waals surface area (Å²) in [5.74, 6) is -1.17. The number of aromatic nitrogens is 2. The second-order valence-electron chi connectivity index (χ2n) is 6.81. The maximum Gasteiger partial charge on any atom is 0.305 e. The van der Waals surface area contributed by atoms with E-state index in [2.05, 4.69) is 26.3 Å². The van der Waals surface area contributed by atoms with Crippen molar-refractivity contribution in [3.8, 4) is 11.3 Å². The molecular formula is C22H17BrN4O3S. The molecule has 31 heavy (non-hydrogen) atoms. The summed E-state index contributed by atoms with van der Waals surface area (Å²) < 4.78 is 2.50. The first-order chi connectivity index (χ1) is 14.9. The predicted octanol–water partition coefficient (Wildman–Crippen LogP) is 4.05. The van der Waals surface area contributed by atoms with Crippen molar-refractivity contribution in [3.63, 3.8) is 0 Å². The highest BCUT2D eigenvalue weighted by Gasteiger charge is 2.32. The summed E-state index contributed by atoms with van der Waals surface area (Å²) in [4.78, 5) is 25.4. The number of benzene rings is 2. The number of halogens is 1. The molecule has 0 aliphatic carbocycles. The van der Waals surface area contributed by atoms with Gasteiger partial charge < -0.3 is 10.4 Å². The Bertz CT molecular complexity index is 1190. The van der Waals surface area contributed by atoms with Gasteiger partial charge in [-0.05, 0) is 42.6 Å². The smallest absolute Gasteiger partial charge is 0.305 e. The quantitative estimate of drug-likeness (QED) is 0.395. The minimum Gasteiger partial charge on any atom is -0.481 e. The van der Waals surface area contributed by atoms with Gasteiger partial charge in [-0.25, -0.2) is 0 Å². The summed E-state index contributed by atoms with van der Waals surface area (Å²) in [5, 5.41) is 16.8. The average molecular weight is 497 g/mol. The van der Waals surface area contributed by atoms with Gasteiger partial charge in [-0.3, -0.25) is 19.2 Å². The van der Waals surface area contributed by atoms with Crippen LogP contribution in [0.5, 0.6) is 0 Å². The number of rotatable bonds is 6. The molecule has 0 bridgehead atoms. The molecule has 9 heteroatoms. The fraction of sp³-hybridized carbons (Fsp3) is 0.0909. The van der Waals surface area contributed by atoms with E-state index >= 15 is 0 Å². The maximum absolute atomic E-state index is 13.0. The summed E-state index contributed by atoms with van der Waals surface area (Å²) in [6.07, 6.45) is 3.37. The first kappa shape index (κ1) is 21.0. The van der Waals surface area contributed by atoms with Crippen LogP contribution in [-0.2, 0) is 16.1 Å². The maximum atomic E-state index is 13.0. The molecule has 2 aromatic carbocycles. The van der Waals surface area contributed by atoms with Crippen molar-refractivity contribution in [2.75, 3.05) is 4.90 Å². The van der Waals surface area contributed by atoms with Crippen molar-refractivity contribution in [3.05, 3.63) is 76.5 Å². The number of carboxylic acids is 1. The van der Waals surface area contributed by atoms with Crippen molar-refractivity contribution in [2.24, 2.45) is 0 Å². The molecule has 0 unspecified atom stereocenters. The highest BCUT2D eigenvalue weighted by Crippen LogP contribution is 2.28. The third-order valence-corrected chi connectivity index (χ3v) is 5.47. The number of nitrogens with one attached hydrogen (secondary N) is 1. The molecule has 1 aliphatic rings. The Morgan fingerprint density at radius 1 is 1.16 bits per heavy atom. The minimum absolute atomic E-state index is 0.0550. The molecule has 0 saturated carbocycles. The van der Waals surface area contributed by atoms with E-state index in [1.807, 2.05) is 54.6 Å². The predicted molar refractivity (Wildman–Crippen MR) is 125 cm³/mol. The van der Waals surface area contributed by atoms with Crippen LogP contribution in [0.3, 0.4) is 0 Å². The number of carbonyl (C=O) groups excluding carboxylic acids is 1. The highest BCUT2D eigenvalue weighted by atomic mass is 79.9. The molecule has 1 aromatic heterocycles. The van der Waals surface area contributed by atoms with E-state index in [4.69, 9.17) is 17.3 Å². The number of hydrogen-bond acceptors (Lipinski definition) is 4. The van der Waals surface area contributed by atoms with Crippen LogP contribution < -0.4 is 10.2 Å². The summed E-state index contributed by atoms with van der Waals surface area (Å²) in [6.45, 7) is 0.220. The molecule has 2 N–H and O–H groups in total. The third kappa shape index (κ3) is 4.57. The Kier molecular flexibility index (Phi) is 5.97. The fourth-order valence-electron chi connectivity index (χ4n) is 3.20.